The molecule has 0 aliphatic carbocycles. The molecule has 82 valence electrons. The molecule has 0 N–H and O–H groups in total. The van der Waals surface area contributed by atoms with Crippen molar-refractivity contribution in [3.05, 3.63) is 30.6 Å². The lowest BCUT2D eigenvalue weighted by atomic mass is 10.3. The monoisotopic (exact) mass is 219 g/mol. The molecule has 0 amide bonds. The van der Waals surface area contributed by atoms with Gasteiger partial charge in [-0.15, -0.1) is 0 Å². The molecule has 0 saturated heterocycles. The van der Waals surface area contributed by atoms with Gasteiger partial charge in [-0.25, -0.2) is 4.98 Å². The molecule has 2 rings (SSSR count). The second kappa shape index (κ2) is 4.33. The average molecular weight is 219 g/mol. The van der Waals surface area contributed by atoms with Crippen molar-refractivity contribution in [3.63, 3.8) is 0 Å². The van der Waals surface area contributed by atoms with Crippen LogP contribution in [0.1, 0.15) is 0 Å². The molecule has 1 heterocycles. The number of rotatable bonds is 0. The summed E-state index contributed by atoms with van der Waals surface area (Å²) in [5.74, 6) is 0. The van der Waals surface area contributed by atoms with Gasteiger partial charge in [0.05, 0.1) is 17.4 Å². The third kappa shape index (κ3) is 4.01. The highest BCUT2D eigenvalue weighted by Crippen LogP contribution is 2.08. The number of aromatic nitrogens is 2. The first-order valence-corrected chi connectivity index (χ1v) is 4.11. The summed E-state index contributed by atoms with van der Waals surface area (Å²) >= 11 is 0. The van der Waals surface area contributed by atoms with E-state index in [2.05, 4.69) is 11.1 Å². The Balaban J connectivity index is 0.000000195. The SMILES string of the molecule is Cn1cnc2ccccc21.F[B-](F)(F)F. The third-order valence-electron chi connectivity index (χ3n) is 1.63. The van der Waals surface area contributed by atoms with Gasteiger partial charge in [0.1, 0.15) is 0 Å². The topological polar surface area (TPSA) is 17.8 Å². The van der Waals surface area contributed by atoms with Gasteiger partial charge in [0.25, 0.3) is 0 Å². The standard InChI is InChI=1S/C8H8N2.BF4/c1-10-6-9-7-4-2-3-5-8(7)10;2-1(3,4)5/h2-6H,1H3;/q;-1. The van der Waals surface area contributed by atoms with Gasteiger partial charge in [-0.05, 0) is 12.1 Å². The zero-order chi connectivity index (χ0) is 11.5. The molecule has 7 heteroatoms. The van der Waals surface area contributed by atoms with Crippen molar-refractivity contribution in [3.8, 4) is 0 Å². The number of halogens is 4. The van der Waals surface area contributed by atoms with Gasteiger partial charge in [0.15, 0.2) is 0 Å². The quantitative estimate of drug-likeness (QED) is 0.492. The van der Waals surface area contributed by atoms with E-state index in [1.165, 1.54) is 5.52 Å². The lowest BCUT2D eigenvalue weighted by molar-refractivity contribution is 0.368. The lowest BCUT2D eigenvalue weighted by Gasteiger charge is -1.94. The predicted octanol–water partition coefficient (Wildman–Crippen LogP) is 2.87. The Labute approximate surface area is 83.6 Å². The van der Waals surface area contributed by atoms with Crippen LogP contribution in [0.4, 0.5) is 17.3 Å². The number of hydrogen-bond donors (Lipinski definition) is 0. The van der Waals surface area contributed by atoms with Crippen molar-refractivity contribution in [2.75, 3.05) is 0 Å². The maximum Gasteiger partial charge on any atom is 0.673 e. The zero-order valence-corrected chi connectivity index (χ0v) is 7.87. The van der Waals surface area contributed by atoms with E-state index >= 15 is 0 Å². The molecule has 0 radical (unpaired) electrons. The number of fused-ring (bicyclic) bond motifs is 1. The van der Waals surface area contributed by atoms with E-state index in [0.717, 1.165) is 5.52 Å². The Morgan fingerprint density at radius 2 is 1.67 bits per heavy atom. The Hall–Kier alpha value is -1.53. The van der Waals surface area contributed by atoms with E-state index in [4.69, 9.17) is 0 Å². The van der Waals surface area contributed by atoms with E-state index in [1.807, 2.05) is 36.1 Å². The summed E-state index contributed by atoms with van der Waals surface area (Å²) in [7, 11) is -4.00. The summed E-state index contributed by atoms with van der Waals surface area (Å²) < 4.78 is 41.0. The minimum Gasteiger partial charge on any atom is -0.418 e. The largest absolute Gasteiger partial charge is 0.673 e. The fourth-order valence-corrected chi connectivity index (χ4v) is 1.08. The van der Waals surface area contributed by atoms with E-state index in [0.29, 0.717) is 0 Å². The van der Waals surface area contributed by atoms with Gasteiger partial charge in [-0.3, -0.25) is 0 Å². The van der Waals surface area contributed by atoms with Crippen molar-refractivity contribution in [2.45, 2.75) is 0 Å². The van der Waals surface area contributed by atoms with Crippen LogP contribution in [0.2, 0.25) is 0 Å². The number of benzene rings is 1. The first-order valence-electron chi connectivity index (χ1n) is 4.11. The van der Waals surface area contributed by atoms with Crippen molar-refractivity contribution in [2.24, 2.45) is 7.05 Å². The van der Waals surface area contributed by atoms with Crippen LogP contribution in [0.3, 0.4) is 0 Å². The molecule has 0 aliphatic heterocycles. The molecule has 0 bridgehead atoms. The minimum absolute atomic E-state index is 1.06. The van der Waals surface area contributed by atoms with Gasteiger partial charge in [0.2, 0.25) is 0 Å². The van der Waals surface area contributed by atoms with Crippen LogP contribution in [0.25, 0.3) is 11.0 Å². The normalized spacial score (nSPS) is 11.0. The van der Waals surface area contributed by atoms with Crippen molar-refractivity contribution in [1.29, 1.82) is 0 Å². The number of nitrogens with zero attached hydrogens (tertiary/aromatic N) is 2. The van der Waals surface area contributed by atoms with E-state index in [1.54, 1.807) is 0 Å². The Morgan fingerprint density at radius 3 is 2.20 bits per heavy atom. The van der Waals surface area contributed by atoms with Crippen molar-refractivity contribution < 1.29 is 17.3 Å². The van der Waals surface area contributed by atoms with Gasteiger partial charge in [0, 0.05) is 7.05 Å². The Kier molecular flexibility index (Phi) is 3.33. The van der Waals surface area contributed by atoms with Crippen LogP contribution in [0.15, 0.2) is 30.6 Å². The maximum absolute atomic E-state index is 9.75. The van der Waals surface area contributed by atoms with Gasteiger partial charge in [-0.1, -0.05) is 12.1 Å². The molecule has 1 aromatic heterocycles. The molecule has 1 aromatic carbocycles. The molecule has 15 heavy (non-hydrogen) atoms. The first kappa shape index (κ1) is 11.5. The minimum atomic E-state index is -6.00. The van der Waals surface area contributed by atoms with Gasteiger partial charge >= 0.3 is 7.25 Å². The highest BCUT2D eigenvalue weighted by Gasteiger charge is 2.20. The van der Waals surface area contributed by atoms with Crippen LogP contribution in [-0.2, 0) is 7.05 Å². The van der Waals surface area contributed by atoms with Gasteiger partial charge < -0.3 is 21.8 Å². The summed E-state index contributed by atoms with van der Waals surface area (Å²) in [5.41, 5.74) is 2.24. The highest BCUT2D eigenvalue weighted by atomic mass is 19.5. The van der Waals surface area contributed by atoms with E-state index in [9.17, 15) is 17.3 Å². The molecular weight excluding hydrogens is 211 g/mol. The van der Waals surface area contributed by atoms with Crippen LogP contribution in [-0.4, -0.2) is 16.8 Å². The Bertz CT molecular complexity index is 431. The zero-order valence-electron chi connectivity index (χ0n) is 7.87. The molecular formula is C8H8BF4N2-. The third-order valence-corrected chi connectivity index (χ3v) is 1.63. The van der Waals surface area contributed by atoms with Crippen LogP contribution in [0, 0.1) is 0 Å². The number of imidazole rings is 1. The maximum atomic E-state index is 9.75. The average Bonchev–Trinajstić information content (AvgIpc) is 2.46. The summed E-state index contributed by atoms with van der Waals surface area (Å²) in [6.45, 7) is 0. The van der Waals surface area contributed by atoms with Crippen molar-refractivity contribution >= 4 is 18.3 Å². The second-order valence-corrected chi connectivity index (χ2v) is 2.84. The molecule has 0 saturated carbocycles. The van der Waals surface area contributed by atoms with Crippen LogP contribution >= 0.6 is 0 Å². The molecule has 0 spiro atoms. The van der Waals surface area contributed by atoms with Crippen LogP contribution < -0.4 is 0 Å². The molecule has 0 aliphatic rings. The fraction of sp³-hybridized carbons (Fsp3) is 0.125. The first-order chi connectivity index (χ1) is 6.88. The number of hydrogen-bond acceptors (Lipinski definition) is 1. The second-order valence-electron chi connectivity index (χ2n) is 2.84. The molecule has 0 atom stereocenters. The summed E-state index contributed by atoms with van der Waals surface area (Å²) in [6.07, 6.45) is 1.82. The fourth-order valence-electron chi connectivity index (χ4n) is 1.08. The van der Waals surface area contributed by atoms with E-state index < -0.39 is 7.25 Å². The molecule has 0 fully saturated rings. The number of para-hydroxylation sites is 2. The lowest BCUT2D eigenvalue weighted by Crippen LogP contribution is -2.02. The summed E-state index contributed by atoms with van der Waals surface area (Å²) in [6, 6.07) is 8.08. The highest BCUT2D eigenvalue weighted by molar-refractivity contribution is 6.50. The smallest absolute Gasteiger partial charge is 0.418 e. The number of aryl methyl sites for hydroxylation is 1. The summed E-state index contributed by atoms with van der Waals surface area (Å²) in [4.78, 5) is 4.18. The van der Waals surface area contributed by atoms with Gasteiger partial charge in [-0.2, -0.15) is 0 Å². The predicted molar refractivity (Wildman–Crippen MR) is 50.9 cm³/mol. The molecule has 2 nitrogen and oxygen atoms in total. The summed E-state index contributed by atoms with van der Waals surface area (Å²) in [5, 5.41) is 0. The van der Waals surface area contributed by atoms with E-state index in [-0.39, 0.29) is 0 Å². The molecule has 0 unspecified atom stereocenters. The van der Waals surface area contributed by atoms with Crippen molar-refractivity contribution in [1.82, 2.24) is 9.55 Å². The Morgan fingerprint density at radius 1 is 1.13 bits per heavy atom. The van der Waals surface area contributed by atoms with Crippen LogP contribution in [0.5, 0.6) is 0 Å². The molecule has 2 aromatic rings.